The highest BCUT2D eigenvalue weighted by Crippen LogP contribution is 2.12. The summed E-state index contributed by atoms with van der Waals surface area (Å²) in [6.07, 6.45) is 6.28. The van der Waals surface area contributed by atoms with Crippen molar-refractivity contribution in [1.82, 2.24) is 14.9 Å². The second-order valence-corrected chi connectivity index (χ2v) is 4.76. The summed E-state index contributed by atoms with van der Waals surface area (Å²) in [6, 6.07) is 0. The molecule has 18 heavy (non-hydrogen) atoms. The molecule has 1 rings (SSSR count). The lowest BCUT2D eigenvalue weighted by Gasteiger charge is -2.27. The van der Waals surface area contributed by atoms with E-state index in [4.69, 9.17) is 5.73 Å². The minimum atomic E-state index is -0.648. The predicted molar refractivity (Wildman–Crippen MR) is 72.1 cm³/mol. The third-order valence-electron chi connectivity index (χ3n) is 3.28. The summed E-state index contributed by atoms with van der Waals surface area (Å²) in [5.41, 5.74) is 4.85. The summed E-state index contributed by atoms with van der Waals surface area (Å²) >= 11 is 0. The van der Waals surface area contributed by atoms with Gasteiger partial charge in [-0.3, -0.25) is 4.79 Å². The van der Waals surface area contributed by atoms with E-state index in [0.29, 0.717) is 6.42 Å². The molecule has 0 aliphatic rings. The molecule has 1 aromatic heterocycles. The topological polar surface area (TPSA) is 72.9 Å². The van der Waals surface area contributed by atoms with Crippen molar-refractivity contribution in [2.24, 2.45) is 5.73 Å². The van der Waals surface area contributed by atoms with Crippen LogP contribution in [0.15, 0.2) is 12.4 Å². The van der Waals surface area contributed by atoms with Gasteiger partial charge in [-0.1, -0.05) is 13.8 Å². The Morgan fingerprint density at radius 1 is 1.56 bits per heavy atom. The number of aromatic nitrogens is 2. The van der Waals surface area contributed by atoms with Gasteiger partial charge in [0.15, 0.2) is 0 Å². The first-order chi connectivity index (χ1) is 8.53. The van der Waals surface area contributed by atoms with Crippen LogP contribution < -0.4 is 11.1 Å². The van der Waals surface area contributed by atoms with Crippen LogP contribution in [0.1, 0.15) is 39.4 Å². The molecular formula is C13H24N4O. The Hall–Kier alpha value is -1.36. The maximum Gasteiger partial charge on any atom is 0.237 e. The van der Waals surface area contributed by atoms with Crippen molar-refractivity contribution in [2.75, 3.05) is 6.54 Å². The van der Waals surface area contributed by atoms with E-state index in [1.54, 1.807) is 6.20 Å². The summed E-state index contributed by atoms with van der Waals surface area (Å²) in [4.78, 5) is 15.8. The second kappa shape index (κ2) is 6.54. The molecule has 1 amide bonds. The maximum absolute atomic E-state index is 11.6. The standard InChI is InChI=1S/C13H24N4O/c1-4-7-16-13(3,12(14)18)6-9-17-10-8-15-11(17)5-2/h8,10,16H,4-7,9H2,1-3H3,(H2,14,18). The first-order valence-corrected chi connectivity index (χ1v) is 6.58. The fourth-order valence-electron chi connectivity index (χ4n) is 1.90. The molecule has 0 radical (unpaired) electrons. The Bertz CT molecular complexity index is 388. The van der Waals surface area contributed by atoms with Gasteiger partial charge in [-0.2, -0.15) is 0 Å². The van der Waals surface area contributed by atoms with Gasteiger partial charge in [-0.05, 0) is 26.3 Å². The van der Waals surface area contributed by atoms with Gasteiger partial charge < -0.3 is 15.6 Å². The first-order valence-electron chi connectivity index (χ1n) is 6.58. The summed E-state index contributed by atoms with van der Waals surface area (Å²) in [7, 11) is 0. The lowest BCUT2D eigenvalue weighted by Crippen LogP contribution is -2.53. The molecule has 1 atom stereocenters. The average Bonchev–Trinajstić information content (AvgIpc) is 2.81. The lowest BCUT2D eigenvalue weighted by molar-refractivity contribution is -0.124. The molecule has 1 unspecified atom stereocenters. The van der Waals surface area contributed by atoms with Crippen LogP contribution in [-0.2, 0) is 17.8 Å². The molecule has 5 heteroatoms. The molecule has 0 fully saturated rings. The number of hydrogen-bond acceptors (Lipinski definition) is 3. The number of nitrogens with two attached hydrogens (primary N) is 1. The van der Waals surface area contributed by atoms with E-state index in [0.717, 1.165) is 31.8 Å². The Kier molecular flexibility index (Phi) is 5.34. The lowest BCUT2D eigenvalue weighted by atomic mass is 9.96. The van der Waals surface area contributed by atoms with Crippen LogP contribution in [0.25, 0.3) is 0 Å². The molecule has 0 aliphatic carbocycles. The Morgan fingerprint density at radius 3 is 2.83 bits per heavy atom. The van der Waals surface area contributed by atoms with Crippen molar-refractivity contribution in [3.8, 4) is 0 Å². The van der Waals surface area contributed by atoms with Crippen LogP contribution in [0.3, 0.4) is 0 Å². The first kappa shape index (κ1) is 14.7. The molecule has 5 nitrogen and oxygen atoms in total. The van der Waals surface area contributed by atoms with Crippen LogP contribution in [0.5, 0.6) is 0 Å². The molecule has 0 aromatic carbocycles. The number of imidazole rings is 1. The number of rotatable bonds is 8. The zero-order valence-corrected chi connectivity index (χ0v) is 11.6. The quantitative estimate of drug-likeness (QED) is 0.727. The van der Waals surface area contributed by atoms with Crippen molar-refractivity contribution in [2.45, 2.75) is 52.1 Å². The molecule has 0 spiro atoms. The normalized spacial score (nSPS) is 14.4. The van der Waals surface area contributed by atoms with Crippen LogP contribution in [-0.4, -0.2) is 27.5 Å². The van der Waals surface area contributed by atoms with E-state index in [1.807, 2.05) is 13.1 Å². The zero-order chi connectivity index (χ0) is 13.6. The van der Waals surface area contributed by atoms with Crippen molar-refractivity contribution in [1.29, 1.82) is 0 Å². The second-order valence-electron chi connectivity index (χ2n) is 4.76. The Labute approximate surface area is 109 Å². The van der Waals surface area contributed by atoms with Crippen LogP contribution in [0.4, 0.5) is 0 Å². The molecule has 0 bridgehead atoms. The molecule has 0 saturated heterocycles. The summed E-state index contributed by atoms with van der Waals surface area (Å²) < 4.78 is 2.08. The van der Waals surface area contributed by atoms with Crippen molar-refractivity contribution in [3.63, 3.8) is 0 Å². The number of carbonyl (C=O) groups excluding carboxylic acids is 1. The molecule has 102 valence electrons. The number of carbonyl (C=O) groups is 1. The van der Waals surface area contributed by atoms with Gasteiger partial charge in [0.05, 0.1) is 5.54 Å². The largest absolute Gasteiger partial charge is 0.368 e. The van der Waals surface area contributed by atoms with Gasteiger partial charge in [-0.25, -0.2) is 4.98 Å². The summed E-state index contributed by atoms with van der Waals surface area (Å²) in [5, 5.41) is 3.24. The highest BCUT2D eigenvalue weighted by atomic mass is 16.1. The smallest absolute Gasteiger partial charge is 0.237 e. The number of nitrogens with zero attached hydrogens (tertiary/aromatic N) is 2. The molecular weight excluding hydrogens is 228 g/mol. The Balaban J connectivity index is 2.65. The van der Waals surface area contributed by atoms with Gasteiger partial charge in [-0.15, -0.1) is 0 Å². The Morgan fingerprint density at radius 2 is 2.28 bits per heavy atom. The number of amides is 1. The highest BCUT2D eigenvalue weighted by Gasteiger charge is 2.29. The SMILES string of the molecule is CCCNC(C)(CCn1ccnc1CC)C(N)=O. The van der Waals surface area contributed by atoms with E-state index >= 15 is 0 Å². The van der Waals surface area contributed by atoms with E-state index in [1.165, 1.54) is 0 Å². The minimum Gasteiger partial charge on any atom is -0.368 e. The van der Waals surface area contributed by atoms with Gasteiger partial charge in [0.25, 0.3) is 0 Å². The monoisotopic (exact) mass is 252 g/mol. The fraction of sp³-hybridized carbons (Fsp3) is 0.692. The van der Waals surface area contributed by atoms with Crippen molar-refractivity contribution >= 4 is 5.91 Å². The zero-order valence-electron chi connectivity index (χ0n) is 11.6. The highest BCUT2D eigenvalue weighted by molar-refractivity contribution is 5.84. The molecule has 1 aromatic rings. The third-order valence-corrected chi connectivity index (χ3v) is 3.28. The van der Waals surface area contributed by atoms with Gasteiger partial charge in [0, 0.05) is 25.4 Å². The molecule has 0 aliphatic heterocycles. The predicted octanol–water partition coefficient (Wildman–Crippen LogP) is 1.08. The van der Waals surface area contributed by atoms with Crippen LogP contribution >= 0.6 is 0 Å². The average molecular weight is 252 g/mol. The van der Waals surface area contributed by atoms with Crippen molar-refractivity contribution < 1.29 is 4.79 Å². The molecule has 3 N–H and O–H groups in total. The van der Waals surface area contributed by atoms with E-state index in [-0.39, 0.29) is 5.91 Å². The number of nitrogens with one attached hydrogen (secondary N) is 1. The van der Waals surface area contributed by atoms with Gasteiger partial charge in [0.1, 0.15) is 5.82 Å². The van der Waals surface area contributed by atoms with E-state index in [9.17, 15) is 4.79 Å². The fourth-order valence-corrected chi connectivity index (χ4v) is 1.90. The number of hydrogen-bond donors (Lipinski definition) is 2. The number of primary amides is 1. The maximum atomic E-state index is 11.6. The van der Waals surface area contributed by atoms with Crippen LogP contribution in [0.2, 0.25) is 0 Å². The van der Waals surface area contributed by atoms with Crippen LogP contribution in [0, 0.1) is 0 Å². The molecule has 1 heterocycles. The molecule has 0 saturated carbocycles. The summed E-state index contributed by atoms with van der Waals surface area (Å²) in [5.74, 6) is 0.742. The van der Waals surface area contributed by atoms with Gasteiger partial charge >= 0.3 is 0 Å². The van der Waals surface area contributed by atoms with Gasteiger partial charge in [0.2, 0.25) is 5.91 Å². The number of aryl methyl sites for hydroxylation is 2. The third kappa shape index (κ3) is 3.57. The minimum absolute atomic E-state index is 0.297. The van der Waals surface area contributed by atoms with E-state index < -0.39 is 5.54 Å². The van der Waals surface area contributed by atoms with Crippen molar-refractivity contribution in [3.05, 3.63) is 18.2 Å². The van der Waals surface area contributed by atoms with E-state index in [2.05, 4.69) is 28.7 Å². The summed E-state index contributed by atoms with van der Waals surface area (Å²) in [6.45, 7) is 7.55.